The van der Waals surface area contributed by atoms with Gasteiger partial charge in [0.05, 0.1) is 18.7 Å². The molecule has 25 heavy (non-hydrogen) atoms. The van der Waals surface area contributed by atoms with Crippen molar-refractivity contribution in [3.63, 3.8) is 0 Å². The van der Waals surface area contributed by atoms with Crippen LogP contribution in [-0.4, -0.2) is 33.8 Å². The molecule has 3 rings (SSSR count). The maximum absolute atomic E-state index is 11.7. The van der Waals surface area contributed by atoms with Gasteiger partial charge in [-0.1, -0.05) is 18.2 Å². The summed E-state index contributed by atoms with van der Waals surface area (Å²) in [6, 6.07) is 12.0. The van der Waals surface area contributed by atoms with Crippen LogP contribution in [0.3, 0.4) is 0 Å². The number of aromatic carboxylic acids is 2. The SMILES string of the molecule is COc1ccc([C@H](C)n2c(C(=O)O)pc3ccccc32)cc1C(=O)O. The molecule has 0 aliphatic rings. The monoisotopic (exact) mass is 357 g/mol. The fraction of sp³-hybridized carbons (Fsp3) is 0.167. The van der Waals surface area contributed by atoms with Crippen LogP contribution in [0.15, 0.2) is 42.5 Å². The lowest BCUT2D eigenvalue weighted by atomic mass is 10.0. The molecule has 0 amide bonds. The van der Waals surface area contributed by atoms with Crippen LogP contribution in [0.25, 0.3) is 10.6 Å². The lowest BCUT2D eigenvalue weighted by molar-refractivity contribution is 0.0679. The Morgan fingerprint density at radius 1 is 1.12 bits per heavy atom. The third-order valence-electron chi connectivity index (χ3n) is 4.11. The molecular weight excluding hydrogens is 341 g/mol. The van der Waals surface area contributed by atoms with Gasteiger partial charge < -0.3 is 19.5 Å². The zero-order valence-electron chi connectivity index (χ0n) is 13.6. The van der Waals surface area contributed by atoms with Gasteiger partial charge in [-0.3, -0.25) is 0 Å². The van der Waals surface area contributed by atoms with E-state index in [1.165, 1.54) is 13.2 Å². The number of fused-ring (bicyclic) bond motifs is 1. The highest BCUT2D eigenvalue weighted by Gasteiger charge is 2.22. The second-order valence-corrected chi connectivity index (χ2v) is 6.67. The van der Waals surface area contributed by atoms with Gasteiger partial charge in [0.2, 0.25) is 0 Å². The number of carboxylic acids is 2. The number of hydrogen-bond donors (Lipinski definition) is 2. The summed E-state index contributed by atoms with van der Waals surface area (Å²) in [5.74, 6) is -1.81. The smallest absolute Gasteiger partial charge is 0.357 e. The fourth-order valence-electron chi connectivity index (χ4n) is 2.89. The van der Waals surface area contributed by atoms with Crippen molar-refractivity contribution in [1.82, 2.24) is 4.57 Å². The summed E-state index contributed by atoms with van der Waals surface area (Å²) < 4.78 is 6.83. The number of para-hydroxylation sites is 1. The Kier molecular flexibility index (Phi) is 4.47. The summed E-state index contributed by atoms with van der Waals surface area (Å²) in [6.07, 6.45) is 0. The third kappa shape index (κ3) is 2.96. The van der Waals surface area contributed by atoms with Crippen molar-refractivity contribution in [2.75, 3.05) is 7.11 Å². The first kappa shape index (κ1) is 17.0. The molecule has 0 fully saturated rings. The highest BCUT2D eigenvalue weighted by Crippen LogP contribution is 2.36. The molecule has 6 nitrogen and oxygen atoms in total. The number of ether oxygens (including phenoxy) is 1. The zero-order chi connectivity index (χ0) is 18.1. The van der Waals surface area contributed by atoms with Gasteiger partial charge >= 0.3 is 11.9 Å². The molecule has 1 aromatic heterocycles. The third-order valence-corrected chi connectivity index (χ3v) is 5.35. The summed E-state index contributed by atoms with van der Waals surface area (Å²) in [5.41, 5.74) is 1.82. The average Bonchev–Trinajstić information content (AvgIpc) is 3.00. The topological polar surface area (TPSA) is 88.8 Å². The van der Waals surface area contributed by atoms with E-state index in [4.69, 9.17) is 4.74 Å². The minimum atomic E-state index is -1.09. The van der Waals surface area contributed by atoms with Crippen LogP contribution in [-0.2, 0) is 0 Å². The molecule has 0 radical (unpaired) electrons. The van der Waals surface area contributed by atoms with Gasteiger partial charge in [-0.05, 0) is 44.9 Å². The summed E-state index contributed by atoms with van der Waals surface area (Å²) >= 11 is 0. The molecule has 128 valence electrons. The van der Waals surface area contributed by atoms with Crippen molar-refractivity contribution in [2.24, 2.45) is 0 Å². The van der Waals surface area contributed by atoms with Crippen LogP contribution < -0.4 is 4.74 Å². The van der Waals surface area contributed by atoms with Gasteiger partial charge in [0, 0.05) is 5.12 Å². The second-order valence-electron chi connectivity index (χ2n) is 5.54. The zero-order valence-corrected chi connectivity index (χ0v) is 14.5. The highest BCUT2D eigenvalue weighted by molar-refractivity contribution is 7.39. The van der Waals surface area contributed by atoms with E-state index in [1.54, 1.807) is 16.7 Å². The molecule has 2 N–H and O–H groups in total. The molecule has 3 aromatic rings. The molecule has 7 heteroatoms. The van der Waals surface area contributed by atoms with Crippen molar-refractivity contribution >= 4 is 30.8 Å². The van der Waals surface area contributed by atoms with Crippen LogP contribution in [0, 0.1) is 0 Å². The number of hydrogen-bond acceptors (Lipinski definition) is 3. The maximum atomic E-state index is 11.7. The van der Waals surface area contributed by atoms with Crippen molar-refractivity contribution in [3.8, 4) is 5.75 Å². The lowest BCUT2D eigenvalue weighted by Gasteiger charge is -2.19. The summed E-state index contributed by atoms with van der Waals surface area (Å²) in [6.45, 7) is 1.86. The second kappa shape index (κ2) is 6.57. The number of methoxy groups -OCH3 is 1. The van der Waals surface area contributed by atoms with Crippen LogP contribution in [0.1, 0.15) is 39.1 Å². The van der Waals surface area contributed by atoms with Gasteiger partial charge in [0.25, 0.3) is 0 Å². The van der Waals surface area contributed by atoms with Gasteiger partial charge in [-0.2, -0.15) is 0 Å². The molecule has 0 saturated heterocycles. The Hall–Kier alpha value is -2.85. The van der Waals surface area contributed by atoms with Gasteiger partial charge in [-0.25, -0.2) is 9.59 Å². The van der Waals surface area contributed by atoms with Gasteiger partial charge in [-0.15, -0.1) is 0 Å². The van der Waals surface area contributed by atoms with Crippen LogP contribution in [0.5, 0.6) is 5.75 Å². The van der Waals surface area contributed by atoms with Gasteiger partial charge in [0.1, 0.15) is 11.3 Å². The minimum Gasteiger partial charge on any atom is -0.496 e. The van der Waals surface area contributed by atoms with Crippen molar-refractivity contribution in [3.05, 3.63) is 59.0 Å². The Bertz CT molecular complexity index is 979. The van der Waals surface area contributed by atoms with E-state index >= 15 is 0 Å². The number of rotatable bonds is 5. The molecule has 1 heterocycles. The Morgan fingerprint density at radius 3 is 2.48 bits per heavy atom. The number of benzene rings is 2. The summed E-state index contributed by atoms with van der Waals surface area (Å²) in [7, 11) is 2.04. The Morgan fingerprint density at radius 2 is 1.84 bits per heavy atom. The normalized spacial score (nSPS) is 12.4. The van der Waals surface area contributed by atoms with E-state index in [2.05, 4.69) is 0 Å². The molecule has 0 unspecified atom stereocenters. The van der Waals surface area contributed by atoms with Crippen LogP contribution >= 0.6 is 8.19 Å². The molecule has 2 aromatic carbocycles. The van der Waals surface area contributed by atoms with E-state index in [-0.39, 0.29) is 22.8 Å². The predicted molar refractivity (Wildman–Crippen MR) is 95.2 cm³/mol. The number of carbonyl (C=O) groups is 2. The lowest BCUT2D eigenvalue weighted by Crippen LogP contribution is -2.14. The Labute approximate surface area is 145 Å². The largest absolute Gasteiger partial charge is 0.496 e. The quantitative estimate of drug-likeness (QED) is 0.713. The van der Waals surface area contributed by atoms with E-state index in [0.717, 1.165) is 10.6 Å². The molecule has 0 aliphatic carbocycles. The molecular formula is C18H16NO5P. The molecule has 0 bridgehead atoms. The predicted octanol–water partition coefficient (Wildman–Crippen LogP) is 4.24. The molecule has 0 aliphatic heterocycles. The van der Waals surface area contributed by atoms with E-state index in [1.807, 2.05) is 31.2 Å². The number of aromatic nitrogens is 1. The fourth-order valence-corrected chi connectivity index (χ4v) is 4.06. The molecule has 0 spiro atoms. The van der Waals surface area contributed by atoms with E-state index in [0.29, 0.717) is 13.8 Å². The van der Waals surface area contributed by atoms with E-state index in [9.17, 15) is 19.8 Å². The maximum Gasteiger partial charge on any atom is 0.357 e. The molecule has 0 saturated carbocycles. The highest BCUT2D eigenvalue weighted by atomic mass is 31.0. The van der Waals surface area contributed by atoms with Crippen molar-refractivity contribution in [1.29, 1.82) is 0 Å². The van der Waals surface area contributed by atoms with Crippen molar-refractivity contribution in [2.45, 2.75) is 13.0 Å². The standard InChI is InChI=1S/C18H16NO5P/c1-10(11-7-8-14(24-2)12(9-11)17(20)21)19-13-5-3-4-6-15(13)25-16(19)18(22)23/h3-10H,1-2H3,(H,20,21)(H,22,23)/t10-/m0/s1. The van der Waals surface area contributed by atoms with Crippen molar-refractivity contribution < 1.29 is 24.5 Å². The van der Waals surface area contributed by atoms with Crippen LogP contribution in [0.2, 0.25) is 0 Å². The molecule has 1 atom stereocenters. The van der Waals surface area contributed by atoms with E-state index < -0.39 is 11.9 Å². The van der Waals surface area contributed by atoms with Crippen LogP contribution in [0.4, 0.5) is 0 Å². The average molecular weight is 357 g/mol. The first-order valence-corrected chi connectivity index (χ1v) is 8.45. The number of carboxylic acid groups (broad SMARTS) is 2. The minimum absolute atomic E-state index is 0.0498. The number of nitrogens with zero attached hydrogens (tertiary/aromatic N) is 1. The summed E-state index contributed by atoms with van der Waals surface area (Å²) in [4.78, 5) is 23.1. The van der Waals surface area contributed by atoms with Gasteiger partial charge in [0.15, 0.2) is 5.43 Å². The first-order chi connectivity index (χ1) is 11.9. The Balaban J connectivity index is 2.19. The first-order valence-electron chi connectivity index (χ1n) is 7.55. The summed E-state index contributed by atoms with van der Waals surface area (Å²) in [5, 5.41) is 19.9.